The third-order valence-electron chi connectivity index (χ3n) is 2.62. The van der Waals surface area contributed by atoms with Crippen molar-refractivity contribution in [1.82, 2.24) is 10.2 Å². The molecule has 1 unspecified atom stereocenters. The Hall–Kier alpha value is -1.88. The van der Waals surface area contributed by atoms with E-state index in [0.29, 0.717) is 28.8 Å². The second kappa shape index (κ2) is 5.84. The fourth-order valence-electron chi connectivity index (χ4n) is 1.75. The van der Waals surface area contributed by atoms with Crippen molar-refractivity contribution in [2.75, 3.05) is 0 Å². The molecule has 0 aliphatic rings. The van der Waals surface area contributed by atoms with Crippen LogP contribution in [0.5, 0.6) is 0 Å². The van der Waals surface area contributed by atoms with E-state index in [9.17, 15) is 4.79 Å². The van der Waals surface area contributed by atoms with Crippen LogP contribution in [0, 0.1) is 5.92 Å². The van der Waals surface area contributed by atoms with Gasteiger partial charge in [0.2, 0.25) is 11.8 Å². The number of rotatable bonds is 5. The van der Waals surface area contributed by atoms with Crippen molar-refractivity contribution in [2.45, 2.75) is 19.8 Å². The maximum absolute atomic E-state index is 10.6. The molecule has 2 aromatic rings. The summed E-state index contributed by atoms with van der Waals surface area (Å²) in [5.41, 5.74) is 0.675. The van der Waals surface area contributed by atoms with Crippen LogP contribution in [0.25, 0.3) is 11.5 Å². The van der Waals surface area contributed by atoms with E-state index in [4.69, 9.17) is 21.1 Å². The summed E-state index contributed by atoms with van der Waals surface area (Å²) in [4.78, 5) is 10.6. The van der Waals surface area contributed by atoms with Gasteiger partial charge in [-0.25, -0.2) is 0 Å². The molecular weight excluding hydrogens is 268 g/mol. The summed E-state index contributed by atoms with van der Waals surface area (Å²) < 4.78 is 5.50. The number of nitrogens with zero attached hydrogens (tertiary/aromatic N) is 2. The molecule has 0 fully saturated rings. The molecule has 0 spiro atoms. The smallest absolute Gasteiger partial charge is 0.303 e. The molecule has 6 heteroatoms. The van der Waals surface area contributed by atoms with E-state index in [2.05, 4.69) is 10.2 Å². The van der Waals surface area contributed by atoms with Gasteiger partial charge >= 0.3 is 5.97 Å². The van der Waals surface area contributed by atoms with E-state index in [-0.39, 0.29) is 12.3 Å². The maximum Gasteiger partial charge on any atom is 0.303 e. The van der Waals surface area contributed by atoms with Gasteiger partial charge in [-0.3, -0.25) is 4.79 Å². The third kappa shape index (κ3) is 3.54. The Morgan fingerprint density at radius 3 is 2.84 bits per heavy atom. The standard InChI is InChI=1S/C13H13ClN2O3/c1-8(7-12(17)18)6-11-15-16-13(19-11)9-4-2-3-5-10(9)14/h2-5,8H,6-7H2,1H3,(H,17,18). The van der Waals surface area contributed by atoms with Crippen molar-refractivity contribution in [3.05, 3.63) is 35.2 Å². The molecule has 0 saturated heterocycles. The largest absolute Gasteiger partial charge is 0.481 e. The lowest BCUT2D eigenvalue weighted by molar-refractivity contribution is -0.137. The lowest BCUT2D eigenvalue weighted by Gasteiger charge is -2.03. The van der Waals surface area contributed by atoms with Crippen molar-refractivity contribution in [3.63, 3.8) is 0 Å². The third-order valence-corrected chi connectivity index (χ3v) is 2.95. The van der Waals surface area contributed by atoms with Crippen LogP contribution in [0.2, 0.25) is 5.02 Å². The Kier molecular flexibility index (Phi) is 4.16. The Morgan fingerprint density at radius 2 is 2.16 bits per heavy atom. The number of carboxylic acids is 1. The Balaban J connectivity index is 2.11. The number of aromatic nitrogens is 2. The Labute approximate surface area is 115 Å². The zero-order chi connectivity index (χ0) is 13.8. The first-order chi connectivity index (χ1) is 9.06. The normalized spacial score (nSPS) is 12.3. The highest BCUT2D eigenvalue weighted by molar-refractivity contribution is 6.33. The summed E-state index contributed by atoms with van der Waals surface area (Å²) in [7, 11) is 0. The molecule has 100 valence electrons. The summed E-state index contributed by atoms with van der Waals surface area (Å²) in [6, 6.07) is 7.18. The van der Waals surface area contributed by atoms with Crippen LogP contribution >= 0.6 is 11.6 Å². The lowest BCUT2D eigenvalue weighted by atomic mass is 10.0. The van der Waals surface area contributed by atoms with Crippen LogP contribution in [0.1, 0.15) is 19.2 Å². The molecule has 1 aromatic carbocycles. The second-order valence-electron chi connectivity index (χ2n) is 4.39. The molecule has 0 amide bonds. The van der Waals surface area contributed by atoms with Crippen LogP contribution in [0.3, 0.4) is 0 Å². The minimum atomic E-state index is -0.835. The zero-order valence-corrected chi connectivity index (χ0v) is 11.1. The Morgan fingerprint density at radius 1 is 1.42 bits per heavy atom. The maximum atomic E-state index is 10.6. The van der Waals surface area contributed by atoms with E-state index >= 15 is 0 Å². The molecule has 0 saturated carbocycles. The van der Waals surface area contributed by atoms with Gasteiger partial charge in [0.15, 0.2) is 0 Å². The van der Waals surface area contributed by atoms with Gasteiger partial charge in [0.1, 0.15) is 0 Å². The molecule has 0 aliphatic heterocycles. The molecule has 1 aromatic heterocycles. The summed E-state index contributed by atoms with van der Waals surface area (Å²) in [5, 5.41) is 17.1. The molecule has 0 bridgehead atoms. The van der Waals surface area contributed by atoms with Crippen molar-refractivity contribution in [3.8, 4) is 11.5 Å². The monoisotopic (exact) mass is 280 g/mol. The van der Waals surface area contributed by atoms with E-state index in [0.717, 1.165) is 0 Å². The van der Waals surface area contributed by atoms with Crippen molar-refractivity contribution < 1.29 is 14.3 Å². The van der Waals surface area contributed by atoms with Crippen molar-refractivity contribution >= 4 is 17.6 Å². The van der Waals surface area contributed by atoms with Crippen LogP contribution in [0.4, 0.5) is 0 Å². The van der Waals surface area contributed by atoms with E-state index in [1.807, 2.05) is 19.1 Å². The van der Waals surface area contributed by atoms with Gasteiger partial charge in [-0.1, -0.05) is 30.7 Å². The second-order valence-corrected chi connectivity index (χ2v) is 4.80. The van der Waals surface area contributed by atoms with E-state index in [1.165, 1.54) is 0 Å². The molecule has 0 aliphatic carbocycles. The highest BCUT2D eigenvalue weighted by Crippen LogP contribution is 2.26. The summed E-state index contributed by atoms with van der Waals surface area (Å²) in [6.07, 6.45) is 0.507. The lowest BCUT2D eigenvalue weighted by Crippen LogP contribution is -2.07. The number of hydrogen-bond donors (Lipinski definition) is 1. The number of benzene rings is 1. The predicted molar refractivity (Wildman–Crippen MR) is 69.9 cm³/mol. The Bertz CT molecular complexity index is 583. The average Bonchev–Trinajstić information content (AvgIpc) is 2.76. The van der Waals surface area contributed by atoms with Gasteiger partial charge in [0.05, 0.1) is 10.6 Å². The molecule has 1 atom stereocenters. The molecule has 5 nitrogen and oxygen atoms in total. The van der Waals surface area contributed by atoms with Crippen molar-refractivity contribution in [1.29, 1.82) is 0 Å². The highest BCUT2D eigenvalue weighted by atomic mass is 35.5. The van der Waals surface area contributed by atoms with E-state index in [1.54, 1.807) is 12.1 Å². The fourth-order valence-corrected chi connectivity index (χ4v) is 1.96. The number of carboxylic acid groups (broad SMARTS) is 1. The number of hydrogen-bond acceptors (Lipinski definition) is 4. The van der Waals surface area contributed by atoms with Crippen molar-refractivity contribution in [2.24, 2.45) is 5.92 Å². The summed E-state index contributed by atoms with van der Waals surface area (Å²) >= 11 is 6.04. The molecule has 0 radical (unpaired) electrons. The minimum absolute atomic E-state index is 0.0583. The number of halogens is 1. The topological polar surface area (TPSA) is 76.2 Å². The van der Waals surface area contributed by atoms with Crippen LogP contribution in [0.15, 0.2) is 28.7 Å². The predicted octanol–water partition coefficient (Wildman–Crippen LogP) is 3.04. The van der Waals surface area contributed by atoms with Gasteiger partial charge in [-0.15, -0.1) is 10.2 Å². The SMILES string of the molecule is CC(CC(=O)O)Cc1nnc(-c2ccccc2Cl)o1. The fraction of sp³-hybridized carbons (Fsp3) is 0.308. The van der Waals surface area contributed by atoms with Crippen LogP contribution in [-0.2, 0) is 11.2 Å². The minimum Gasteiger partial charge on any atom is -0.481 e. The first-order valence-electron chi connectivity index (χ1n) is 5.85. The molecule has 19 heavy (non-hydrogen) atoms. The van der Waals surface area contributed by atoms with E-state index < -0.39 is 5.97 Å². The molecule has 1 N–H and O–H groups in total. The van der Waals surface area contributed by atoms with Crippen LogP contribution in [-0.4, -0.2) is 21.3 Å². The average molecular weight is 281 g/mol. The number of carbonyl (C=O) groups is 1. The first kappa shape index (κ1) is 13.5. The molecular formula is C13H13ClN2O3. The van der Waals surface area contributed by atoms with Gasteiger partial charge in [-0.2, -0.15) is 0 Å². The molecule has 1 heterocycles. The van der Waals surface area contributed by atoms with Gasteiger partial charge in [0, 0.05) is 12.8 Å². The molecule has 2 rings (SSSR count). The quantitative estimate of drug-likeness (QED) is 0.911. The summed E-state index contributed by atoms with van der Waals surface area (Å²) in [6.45, 7) is 1.83. The summed E-state index contributed by atoms with van der Waals surface area (Å²) in [5.74, 6) is -0.123. The number of aliphatic carboxylic acids is 1. The van der Waals surface area contributed by atoms with Gasteiger partial charge in [-0.05, 0) is 18.1 Å². The van der Waals surface area contributed by atoms with Crippen LogP contribution < -0.4 is 0 Å². The first-order valence-corrected chi connectivity index (χ1v) is 6.23. The van der Waals surface area contributed by atoms with Gasteiger partial charge < -0.3 is 9.52 Å². The van der Waals surface area contributed by atoms with Gasteiger partial charge in [0.25, 0.3) is 0 Å². The zero-order valence-electron chi connectivity index (χ0n) is 10.3. The highest BCUT2D eigenvalue weighted by Gasteiger charge is 2.15.